The van der Waals surface area contributed by atoms with Crippen molar-refractivity contribution >= 4 is 34.5 Å². The molecule has 0 saturated heterocycles. The summed E-state index contributed by atoms with van der Waals surface area (Å²) in [5.74, 6) is 0.184. The standard InChI is InChI=1S/C25H23N5O2/c1-2-17-10-12-18(13-11-17)27-23(31)15-22-24(32)29(16-19-7-5-6-14-26-19)25-28-20-8-3-4-9-21(20)30(22)25/h3-14,22H,2,15-16H2,1H3,(H,27,31). The van der Waals surface area contributed by atoms with E-state index in [1.807, 2.05) is 71.3 Å². The number of fused-ring (bicyclic) bond motifs is 3. The largest absolute Gasteiger partial charge is 0.326 e. The Morgan fingerprint density at radius 1 is 1.03 bits per heavy atom. The lowest BCUT2D eigenvalue weighted by atomic mass is 10.1. The second kappa shape index (κ2) is 8.26. The summed E-state index contributed by atoms with van der Waals surface area (Å²) in [6, 6.07) is 20.4. The zero-order valence-corrected chi connectivity index (χ0v) is 17.7. The van der Waals surface area contributed by atoms with Crippen molar-refractivity contribution in [3.8, 4) is 0 Å². The van der Waals surface area contributed by atoms with Crippen molar-refractivity contribution in [2.75, 3.05) is 10.2 Å². The minimum absolute atomic E-state index is 0.0282. The Labute approximate surface area is 185 Å². The van der Waals surface area contributed by atoms with E-state index in [4.69, 9.17) is 4.98 Å². The van der Waals surface area contributed by atoms with Gasteiger partial charge < -0.3 is 5.32 Å². The van der Waals surface area contributed by atoms with Gasteiger partial charge in [0.25, 0.3) is 5.91 Å². The van der Waals surface area contributed by atoms with Gasteiger partial charge in [-0.1, -0.05) is 37.3 Å². The number of benzene rings is 2. The highest BCUT2D eigenvalue weighted by atomic mass is 16.2. The number of pyridine rings is 1. The van der Waals surface area contributed by atoms with Gasteiger partial charge in [-0.25, -0.2) is 4.98 Å². The van der Waals surface area contributed by atoms with Crippen molar-refractivity contribution in [3.63, 3.8) is 0 Å². The molecule has 1 atom stereocenters. The van der Waals surface area contributed by atoms with Gasteiger partial charge in [0, 0.05) is 11.9 Å². The first kappa shape index (κ1) is 19.9. The normalized spacial score (nSPS) is 15.2. The van der Waals surface area contributed by atoms with Gasteiger partial charge in [0.15, 0.2) is 0 Å². The molecule has 0 aliphatic carbocycles. The number of amides is 2. The molecule has 32 heavy (non-hydrogen) atoms. The fourth-order valence-electron chi connectivity index (χ4n) is 4.11. The van der Waals surface area contributed by atoms with Crippen molar-refractivity contribution in [2.24, 2.45) is 0 Å². The van der Waals surface area contributed by atoms with E-state index in [-0.39, 0.29) is 18.2 Å². The van der Waals surface area contributed by atoms with Crippen molar-refractivity contribution in [2.45, 2.75) is 32.4 Å². The van der Waals surface area contributed by atoms with Crippen LogP contribution in [0.2, 0.25) is 0 Å². The second-order valence-corrected chi connectivity index (χ2v) is 7.83. The number of aromatic nitrogens is 3. The lowest BCUT2D eigenvalue weighted by molar-refractivity contribution is -0.124. The number of anilines is 2. The molecule has 0 bridgehead atoms. The Morgan fingerprint density at radius 3 is 2.56 bits per heavy atom. The monoisotopic (exact) mass is 425 g/mol. The minimum Gasteiger partial charge on any atom is -0.326 e. The van der Waals surface area contributed by atoms with Gasteiger partial charge in [-0.3, -0.25) is 24.0 Å². The molecule has 3 heterocycles. The predicted octanol–water partition coefficient (Wildman–Crippen LogP) is 4.11. The van der Waals surface area contributed by atoms with Gasteiger partial charge in [-0.2, -0.15) is 0 Å². The van der Waals surface area contributed by atoms with Crippen molar-refractivity contribution in [3.05, 3.63) is 84.2 Å². The van der Waals surface area contributed by atoms with E-state index in [9.17, 15) is 9.59 Å². The van der Waals surface area contributed by atoms with Crippen LogP contribution >= 0.6 is 0 Å². The highest BCUT2D eigenvalue weighted by Crippen LogP contribution is 2.37. The number of aryl methyl sites for hydroxylation is 1. The van der Waals surface area contributed by atoms with Crippen LogP contribution in [0.1, 0.15) is 30.6 Å². The maximum atomic E-state index is 13.4. The van der Waals surface area contributed by atoms with E-state index >= 15 is 0 Å². The molecule has 2 amide bonds. The number of para-hydroxylation sites is 2. The summed E-state index contributed by atoms with van der Waals surface area (Å²) >= 11 is 0. The summed E-state index contributed by atoms with van der Waals surface area (Å²) < 4.78 is 1.88. The molecule has 2 aromatic heterocycles. The number of imidazole rings is 1. The highest BCUT2D eigenvalue weighted by molar-refractivity contribution is 6.05. The average Bonchev–Trinajstić information content (AvgIpc) is 3.31. The summed E-state index contributed by atoms with van der Waals surface area (Å²) in [6.07, 6.45) is 2.67. The maximum Gasteiger partial charge on any atom is 0.253 e. The molecule has 0 radical (unpaired) electrons. The van der Waals surface area contributed by atoms with E-state index in [2.05, 4.69) is 17.2 Å². The summed E-state index contributed by atoms with van der Waals surface area (Å²) in [6.45, 7) is 2.39. The van der Waals surface area contributed by atoms with Crippen LogP contribution in [0.5, 0.6) is 0 Å². The van der Waals surface area contributed by atoms with Crippen LogP contribution in [0.15, 0.2) is 72.9 Å². The maximum absolute atomic E-state index is 13.4. The van der Waals surface area contributed by atoms with Crippen LogP contribution in [-0.2, 0) is 22.6 Å². The zero-order valence-electron chi connectivity index (χ0n) is 17.7. The molecular formula is C25H23N5O2. The van der Waals surface area contributed by atoms with Gasteiger partial charge in [-0.15, -0.1) is 0 Å². The zero-order chi connectivity index (χ0) is 22.1. The Bertz CT molecular complexity index is 1280. The van der Waals surface area contributed by atoms with Gasteiger partial charge >= 0.3 is 0 Å². The van der Waals surface area contributed by atoms with Gasteiger partial charge in [-0.05, 0) is 48.4 Å². The third-order valence-corrected chi connectivity index (χ3v) is 5.75. The molecule has 160 valence electrons. The number of hydrogen-bond donors (Lipinski definition) is 1. The van der Waals surface area contributed by atoms with Gasteiger partial charge in [0.2, 0.25) is 11.9 Å². The fraction of sp³-hybridized carbons (Fsp3) is 0.200. The molecule has 7 heteroatoms. The summed E-state index contributed by atoms with van der Waals surface area (Å²) in [5, 5.41) is 2.92. The molecule has 1 unspecified atom stereocenters. The molecule has 4 aromatic rings. The molecular weight excluding hydrogens is 402 g/mol. The van der Waals surface area contributed by atoms with Crippen LogP contribution in [0.25, 0.3) is 11.0 Å². The minimum atomic E-state index is -0.656. The van der Waals surface area contributed by atoms with E-state index in [1.54, 1.807) is 11.1 Å². The molecule has 0 fully saturated rings. The molecule has 1 N–H and O–H groups in total. The van der Waals surface area contributed by atoms with Crippen LogP contribution in [0.4, 0.5) is 11.6 Å². The number of hydrogen-bond acceptors (Lipinski definition) is 4. The molecule has 0 saturated carbocycles. The quantitative estimate of drug-likeness (QED) is 0.504. The van der Waals surface area contributed by atoms with Crippen LogP contribution in [0.3, 0.4) is 0 Å². The Hall–Kier alpha value is -4.00. The lowest BCUT2D eigenvalue weighted by Gasteiger charge is -2.15. The fourth-order valence-corrected chi connectivity index (χ4v) is 4.11. The first-order valence-corrected chi connectivity index (χ1v) is 10.7. The van der Waals surface area contributed by atoms with E-state index in [0.717, 1.165) is 28.8 Å². The van der Waals surface area contributed by atoms with E-state index < -0.39 is 6.04 Å². The predicted molar refractivity (Wildman–Crippen MR) is 123 cm³/mol. The number of carbonyl (C=O) groups excluding carboxylic acids is 2. The smallest absolute Gasteiger partial charge is 0.253 e. The number of rotatable bonds is 6. The van der Waals surface area contributed by atoms with Crippen LogP contribution in [0, 0.1) is 0 Å². The van der Waals surface area contributed by atoms with Gasteiger partial charge in [0.05, 0.1) is 29.7 Å². The molecule has 1 aliphatic heterocycles. The van der Waals surface area contributed by atoms with Crippen molar-refractivity contribution < 1.29 is 9.59 Å². The number of carbonyl (C=O) groups is 2. The summed E-state index contributed by atoms with van der Waals surface area (Å²) in [4.78, 5) is 36.9. The SMILES string of the molecule is CCc1ccc(NC(=O)CC2C(=O)N(Cc3ccccn3)c3nc4ccccc4n32)cc1. The highest BCUT2D eigenvalue weighted by Gasteiger charge is 2.41. The molecule has 1 aliphatic rings. The molecule has 7 nitrogen and oxygen atoms in total. The van der Waals surface area contributed by atoms with Crippen molar-refractivity contribution in [1.82, 2.24) is 14.5 Å². The van der Waals surface area contributed by atoms with Crippen molar-refractivity contribution in [1.29, 1.82) is 0 Å². The first-order valence-electron chi connectivity index (χ1n) is 10.7. The van der Waals surface area contributed by atoms with Crippen LogP contribution < -0.4 is 10.2 Å². The average molecular weight is 425 g/mol. The van der Waals surface area contributed by atoms with Crippen LogP contribution in [-0.4, -0.2) is 26.3 Å². The first-order chi connectivity index (χ1) is 15.6. The third-order valence-electron chi connectivity index (χ3n) is 5.75. The Balaban J connectivity index is 1.44. The second-order valence-electron chi connectivity index (χ2n) is 7.83. The summed E-state index contributed by atoms with van der Waals surface area (Å²) in [5.41, 5.74) is 4.32. The molecule has 2 aromatic carbocycles. The lowest BCUT2D eigenvalue weighted by Crippen LogP contribution is -2.31. The topological polar surface area (TPSA) is 80.1 Å². The molecule has 0 spiro atoms. The Morgan fingerprint density at radius 2 is 1.81 bits per heavy atom. The van der Waals surface area contributed by atoms with E-state index in [0.29, 0.717) is 12.5 Å². The summed E-state index contributed by atoms with van der Waals surface area (Å²) in [7, 11) is 0. The number of nitrogens with one attached hydrogen (secondary N) is 1. The van der Waals surface area contributed by atoms with Gasteiger partial charge in [0.1, 0.15) is 6.04 Å². The molecule has 5 rings (SSSR count). The third kappa shape index (κ3) is 3.62. The van der Waals surface area contributed by atoms with E-state index in [1.165, 1.54) is 5.56 Å². The number of nitrogens with zero attached hydrogens (tertiary/aromatic N) is 4. The Kier molecular flexibility index (Phi) is 5.15.